The number of aromatic amines is 1. The van der Waals surface area contributed by atoms with Crippen molar-refractivity contribution in [1.82, 2.24) is 19.9 Å². The third-order valence-electron chi connectivity index (χ3n) is 6.09. The molecule has 4 aromatic rings. The molecule has 0 aliphatic carbocycles. The number of hydrogen-bond donors (Lipinski definition) is 1. The van der Waals surface area contributed by atoms with Crippen LogP contribution in [0.1, 0.15) is 30.9 Å². The first kappa shape index (κ1) is 21.3. The molecule has 1 aliphatic rings. The number of pyridine rings is 2. The van der Waals surface area contributed by atoms with Crippen LogP contribution in [0.2, 0.25) is 0 Å². The highest BCUT2D eigenvalue weighted by Gasteiger charge is 2.15. The summed E-state index contributed by atoms with van der Waals surface area (Å²) in [6, 6.07) is 14.9. The summed E-state index contributed by atoms with van der Waals surface area (Å²) in [5, 5.41) is 0. The van der Waals surface area contributed by atoms with Crippen molar-refractivity contribution in [3.05, 3.63) is 72.2 Å². The number of benzene rings is 1. The lowest BCUT2D eigenvalue weighted by atomic mass is 9.99. The van der Waals surface area contributed by atoms with Gasteiger partial charge in [0, 0.05) is 42.3 Å². The summed E-state index contributed by atoms with van der Waals surface area (Å²) < 4.78 is 5.46. The zero-order valence-corrected chi connectivity index (χ0v) is 19.4. The first-order valence-electron chi connectivity index (χ1n) is 11.5. The number of nitrogens with zero attached hydrogens (tertiary/aromatic N) is 4. The Kier molecular flexibility index (Phi) is 5.92. The molecule has 5 rings (SSSR count). The van der Waals surface area contributed by atoms with Crippen LogP contribution in [0.3, 0.4) is 0 Å². The fourth-order valence-corrected chi connectivity index (χ4v) is 4.24. The van der Waals surface area contributed by atoms with Crippen LogP contribution in [0.25, 0.3) is 34.0 Å². The van der Waals surface area contributed by atoms with Crippen molar-refractivity contribution >= 4 is 5.69 Å². The maximum Gasteiger partial charge on any atom is 0.156 e. The smallest absolute Gasteiger partial charge is 0.156 e. The van der Waals surface area contributed by atoms with Crippen LogP contribution in [0.4, 0.5) is 5.69 Å². The number of anilines is 1. The maximum absolute atomic E-state index is 5.46. The minimum absolute atomic E-state index is 0.369. The summed E-state index contributed by atoms with van der Waals surface area (Å²) in [4.78, 5) is 19.8. The van der Waals surface area contributed by atoms with E-state index in [1.807, 2.05) is 24.7 Å². The van der Waals surface area contributed by atoms with Crippen molar-refractivity contribution in [2.75, 3.05) is 31.2 Å². The Morgan fingerprint density at radius 3 is 2.45 bits per heavy atom. The lowest BCUT2D eigenvalue weighted by Crippen LogP contribution is -2.36. The van der Waals surface area contributed by atoms with Crippen molar-refractivity contribution in [3.8, 4) is 34.0 Å². The Hall–Kier alpha value is -3.51. The third kappa shape index (κ3) is 4.52. The largest absolute Gasteiger partial charge is 0.378 e. The Morgan fingerprint density at radius 2 is 1.70 bits per heavy atom. The number of ether oxygens (including phenoxy) is 1. The average Bonchev–Trinajstić information content (AvgIpc) is 3.35. The predicted octanol–water partition coefficient (Wildman–Crippen LogP) is 5.47. The van der Waals surface area contributed by atoms with Gasteiger partial charge in [-0.25, -0.2) is 4.98 Å². The van der Waals surface area contributed by atoms with Crippen molar-refractivity contribution in [2.45, 2.75) is 26.7 Å². The molecule has 1 N–H and O–H groups in total. The monoisotopic (exact) mass is 439 g/mol. The lowest BCUT2D eigenvalue weighted by molar-refractivity contribution is 0.122. The van der Waals surface area contributed by atoms with Crippen molar-refractivity contribution in [3.63, 3.8) is 0 Å². The molecule has 1 fully saturated rings. The van der Waals surface area contributed by atoms with Crippen LogP contribution in [0, 0.1) is 6.92 Å². The molecule has 1 aromatic carbocycles. The molecule has 0 amide bonds. The molecular formula is C27H29N5O. The molecule has 4 heterocycles. The molecule has 0 saturated carbocycles. The Bertz CT molecular complexity index is 1240. The van der Waals surface area contributed by atoms with E-state index in [1.165, 1.54) is 11.3 Å². The molecule has 33 heavy (non-hydrogen) atoms. The Labute approximate surface area is 194 Å². The van der Waals surface area contributed by atoms with Crippen LogP contribution in [-0.4, -0.2) is 46.2 Å². The van der Waals surface area contributed by atoms with Gasteiger partial charge in [0.2, 0.25) is 0 Å². The van der Waals surface area contributed by atoms with Gasteiger partial charge in [-0.3, -0.25) is 9.97 Å². The molecule has 0 spiro atoms. The quantitative estimate of drug-likeness (QED) is 0.447. The van der Waals surface area contributed by atoms with Crippen LogP contribution in [0.5, 0.6) is 0 Å². The number of aryl methyl sites for hydroxylation is 1. The molecule has 0 unspecified atom stereocenters. The minimum Gasteiger partial charge on any atom is -0.378 e. The van der Waals surface area contributed by atoms with Gasteiger partial charge in [-0.15, -0.1) is 0 Å². The molecule has 1 aliphatic heterocycles. The molecule has 1 saturated heterocycles. The van der Waals surface area contributed by atoms with Gasteiger partial charge in [0.1, 0.15) is 5.69 Å². The van der Waals surface area contributed by atoms with E-state index in [-0.39, 0.29) is 0 Å². The first-order chi connectivity index (χ1) is 16.1. The van der Waals surface area contributed by atoms with E-state index in [0.29, 0.717) is 5.92 Å². The van der Waals surface area contributed by atoms with Crippen LogP contribution >= 0.6 is 0 Å². The predicted molar refractivity (Wildman–Crippen MR) is 132 cm³/mol. The molecule has 6 nitrogen and oxygen atoms in total. The second-order valence-electron chi connectivity index (χ2n) is 8.83. The lowest BCUT2D eigenvalue weighted by Gasteiger charge is -2.28. The molecule has 3 aromatic heterocycles. The zero-order valence-electron chi connectivity index (χ0n) is 19.4. The van der Waals surface area contributed by atoms with Gasteiger partial charge in [0.05, 0.1) is 30.8 Å². The highest BCUT2D eigenvalue weighted by atomic mass is 16.5. The fraction of sp³-hybridized carbons (Fsp3) is 0.296. The fourth-order valence-electron chi connectivity index (χ4n) is 4.24. The number of H-pyrrole nitrogens is 1. The minimum atomic E-state index is 0.369. The van der Waals surface area contributed by atoms with Gasteiger partial charge >= 0.3 is 0 Å². The van der Waals surface area contributed by atoms with E-state index < -0.39 is 0 Å². The Morgan fingerprint density at radius 1 is 0.909 bits per heavy atom. The van der Waals surface area contributed by atoms with E-state index in [2.05, 4.69) is 82.0 Å². The number of nitrogens with one attached hydrogen (secondary N) is 1. The number of morpholine rings is 1. The molecule has 0 radical (unpaired) electrons. The van der Waals surface area contributed by atoms with Crippen molar-refractivity contribution < 1.29 is 4.74 Å². The first-order valence-corrected chi connectivity index (χ1v) is 11.5. The summed E-state index contributed by atoms with van der Waals surface area (Å²) in [5.41, 5.74) is 8.53. The summed E-state index contributed by atoms with van der Waals surface area (Å²) >= 11 is 0. The second kappa shape index (κ2) is 9.16. The topological polar surface area (TPSA) is 66.9 Å². The number of imidazole rings is 1. The number of aromatic nitrogens is 4. The maximum atomic E-state index is 5.46. The van der Waals surface area contributed by atoms with Crippen LogP contribution in [0.15, 0.2) is 61.1 Å². The van der Waals surface area contributed by atoms with Gasteiger partial charge in [-0.1, -0.05) is 32.0 Å². The van der Waals surface area contributed by atoms with Crippen LogP contribution in [-0.2, 0) is 4.74 Å². The normalized spacial score (nSPS) is 14.1. The Balaban J connectivity index is 1.41. The second-order valence-corrected chi connectivity index (χ2v) is 8.83. The summed E-state index contributed by atoms with van der Waals surface area (Å²) in [6.45, 7) is 9.88. The van der Waals surface area contributed by atoms with Gasteiger partial charge in [-0.2, -0.15) is 0 Å². The van der Waals surface area contributed by atoms with E-state index >= 15 is 0 Å². The number of rotatable bonds is 5. The molecular weight excluding hydrogens is 410 g/mol. The van der Waals surface area contributed by atoms with E-state index in [1.54, 1.807) is 0 Å². The summed E-state index contributed by atoms with van der Waals surface area (Å²) in [7, 11) is 0. The van der Waals surface area contributed by atoms with E-state index in [9.17, 15) is 0 Å². The van der Waals surface area contributed by atoms with Gasteiger partial charge < -0.3 is 14.6 Å². The zero-order chi connectivity index (χ0) is 22.8. The van der Waals surface area contributed by atoms with Gasteiger partial charge in [-0.05, 0) is 48.2 Å². The average molecular weight is 440 g/mol. The molecule has 0 atom stereocenters. The number of hydrogen-bond acceptors (Lipinski definition) is 5. The van der Waals surface area contributed by atoms with Crippen molar-refractivity contribution in [2.24, 2.45) is 0 Å². The van der Waals surface area contributed by atoms with E-state index in [0.717, 1.165) is 65.9 Å². The highest BCUT2D eigenvalue weighted by molar-refractivity contribution is 5.71. The summed E-state index contributed by atoms with van der Waals surface area (Å²) in [6.07, 6.45) is 5.63. The highest BCUT2D eigenvalue weighted by Crippen LogP contribution is 2.30. The van der Waals surface area contributed by atoms with Crippen molar-refractivity contribution in [1.29, 1.82) is 0 Å². The molecule has 0 bridgehead atoms. The van der Waals surface area contributed by atoms with Crippen LogP contribution < -0.4 is 4.90 Å². The third-order valence-corrected chi connectivity index (χ3v) is 6.09. The standard InChI is InChI=1S/C27H29N5O/c1-18(2)23-14-19(3)16-29-26(23)27-30-17-25(31-27)21-8-9-28-24(15-21)20-4-6-22(7-5-20)32-10-12-33-13-11-32/h4-9,14-18H,10-13H2,1-3H3,(H,30,31). The molecule has 6 heteroatoms. The SMILES string of the molecule is Cc1cnc(-c2ncc(-c3ccnc(-c4ccc(N5CCOCC5)cc4)c3)[nH]2)c(C(C)C)c1. The molecule has 168 valence electrons. The van der Waals surface area contributed by atoms with E-state index in [4.69, 9.17) is 4.74 Å². The summed E-state index contributed by atoms with van der Waals surface area (Å²) in [5.74, 6) is 1.16. The van der Waals surface area contributed by atoms with Gasteiger partial charge in [0.15, 0.2) is 5.82 Å². The van der Waals surface area contributed by atoms with Gasteiger partial charge in [0.25, 0.3) is 0 Å².